The van der Waals surface area contributed by atoms with Crippen molar-refractivity contribution in [3.05, 3.63) is 59.7 Å². The van der Waals surface area contributed by atoms with E-state index >= 15 is 0 Å². The van der Waals surface area contributed by atoms with Gasteiger partial charge >= 0.3 is 0 Å². The second-order valence-electron chi connectivity index (χ2n) is 5.72. The van der Waals surface area contributed by atoms with Crippen LogP contribution in [0, 0.1) is 0 Å². The van der Waals surface area contributed by atoms with Gasteiger partial charge in [0.25, 0.3) is 0 Å². The van der Waals surface area contributed by atoms with Crippen molar-refractivity contribution in [2.45, 2.75) is 32.4 Å². The molecule has 6 nitrogen and oxygen atoms in total. The van der Waals surface area contributed by atoms with Gasteiger partial charge in [-0.1, -0.05) is 24.3 Å². The Balaban J connectivity index is 1.53. The maximum atomic E-state index is 8.64. The van der Waals surface area contributed by atoms with Crippen LogP contribution < -0.4 is 20.4 Å². The molecule has 2 aromatic carbocycles. The minimum absolute atomic E-state index is 0.432. The molecule has 2 aromatic rings. The zero-order chi connectivity index (χ0) is 17.7. The largest absolute Gasteiger partial charge is 0.494 e. The summed E-state index contributed by atoms with van der Waals surface area (Å²) >= 11 is 0. The normalized spacial score (nSPS) is 10.6. The van der Waals surface area contributed by atoms with Crippen LogP contribution in [0.25, 0.3) is 0 Å². The molecule has 0 spiro atoms. The highest BCUT2D eigenvalue weighted by molar-refractivity contribution is 5.27. The molecule has 6 heteroatoms. The zero-order valence-corrected chi connectivity index (χ0v) is 14.3. The summed E-state index contributed by atoms with van der Waals surface area (Å²) in [6.45, 7) is 2.23. The first kappa shape index (κ1) is 19.2. The lowest BCUT2D eigenvalue weighted by Gasteiger charge is -2.08. The van der Waals surface area contributed by atoms with Crippen LogP contribution >= 0.6 is 0 Å². The van der Waals surface area contributed by atoms with Crippen molar-refractivity contribution < 1.29 is 19.9 Å². The summed E-state index contributed by atoms with van der Waals surface area (Å²) in [5.74, 6) is 1.69. The molecule has 25 heavy (non-hydrogen) atoms. The van der Waals surface area contributed by atoms with E-state index in [1.807, 2.05) is 48.5 Å². The smallest absolute Gasteiger partial charge is 0.119 e. The fraction of sp³-hybridized carbons (Fsp3) is 0.368. The van der Waals surface area contributed by atoms with Crippen molar-refractivity contribution in [2.24, 2.45) is 0 Å². The summed E-state index contributed by atoms with van der Waals surface area (Å²) in [5, 5.41) is 17.3. The Kier molecular flexibility index (Phi) is 8.79. The van der Waals surface area contributed by atoms with Crippen LogP contribution in [0.4, 0.5) is 0 Å². The molecule has 0 atom stereocenters. The monoisotopic (exact) mass is 346 g/mol. The maximum Gasteiger partial charge on any atom is 0.119 e. The van der Waals surface area contributed by atoms with Crippen molar-refractivity contribution in [3.8, 4) is 11.5 Å². The number of hydrogen-bond donors (Lipinski definition) is 4. The number of unbranched alkanes of at least 4 members (excludes halogenated alkanes) is 2. The van der Waals surface area contributed by atoms with Crippen LogP contribution in [0.1, 0.15) is 30.4 Å². The fourth-order valence-electron chi connectivity index (χ4n) is 2.35. The van der Waals surface area contributed by atoms with E-state index in [0.717, 1.165) is 41.9 Å². The van der Waals surface area contributed by atoms with E-state index in [1.165, 1.54) is 0 Å². The fourth-order valence-corrected chi connectivity index (χ4v) is 2.35. The van der Waals surface area contributed by atoms with Gasteiger partial charge < -0.3 is 19.9 Å². The summed E-state index contributed by atoms with van der Waals surface area (Å²) < 4.78 is 11.4. The van der Waals surface area contributed by atoms with Crippen LogP contribution in [0.5, 0.6) is 11.5 Å². The van der Waals surface area contributed by atoms with Crippen LogP contribution in [-0.2, 0) is 13.1 Å². The van der Waals surface area contributed by atoms with E-state index in [0.29, 0.717) is 26.3 Å². The van der Waals surface area contributed by atoms with E-state index in [9.17, 15) is 0 Å². The Bertz CT molecular complexity index is 534. The molecule has 0 aliphatic heterocycles. The Labute approximate surface area is 148 Å². The molecular weight excluding hydrogens is 320 g/mol. The summed E-state index contributed by atoms with van der Waals surface area (Å²) in [5.41, 5.74) is 6.27. The first-order valence-electron chi connectivity index (χ1n) is 8.49. The summed E-state index contributed by atoms with van der Waals surface area (Å²) in [4.78, 5) is 0. The maximum absolute atomic E-state index is 8.64. The lowest BCUT2D eigenvalue weighted by molar-refractivity contribution is 0.161. The molecule has 0 unspecified atom stereocenters. The van der Waals surface area contributed by atoms with Gasteiger partial charge in [-0.15, -0.1) is 0 Å². The van der Waals surface area contributed by atoms with Gasteiger partial charge in [0.05, 0.1) is 13.2 Å². The second-order valence-corrected chi connectivity index (χ2v) is 5.72. The average Bonchev–Trinajstić information content (AvgIpc) is 2.64. The van der Waals surface area contributed by atoms with Crippen molar-refractivity contribution in [2.75, 3.05) is 13.2 Å². The molecule has 2 rings (SSSR count). The number of hydroxylamine groups is 2. The highest BCUT2D eigenvalue weighted by Gasteiger charge is 1.98. The topological polar surface area (TPSA) is 83.0 Å². The molecule has 0 amide bonds. The molecule has 0 heterocycles. The lowest BCUT2D eigenvalue weighted by Crippen LogP contribution is -2.06. The molecule has 0 fully saturated rings. The van der Waals surface area contributed by atoms with Crippen LogP contribution in [0.15, 0.2) is 48.5 Å². The zero-order valence-electron chi connectivity index (χ0n) is 14.3. The quantitative estimate of drug-likeness (QED) is 0.349. The van der Waals surface area contributed by atoms with E-state index in [4.69, 9.17) is 19.9 Å². The predicted octanol–water partition coefficient (Wildman–Crippen LogP) is 3.27. The van der Waals surface area contributed by atoms with Gasteiger partial charge in [0.2, 0.25) is 0 Å². The summed E-state index contributed by atoms with van der Waals surface area (Å²) in [7, 11) is 0. The first-order valence-corrected chi connectivity index (χ1v) is 8.49. The van der Waals surface area contributed by atoms with Gasteiger partial charge in [0.15, 0.2) is 0 Å². The van der Waals surface area contributed by atoms with Crippen molar-refractivity contribution in [1.82, 2.24) is 11.0 Å². The van der Waals surface area contributed by atoms with Crippen LogP contribution in [-0.4, -0.2) is 23.6 Å². The molecule has 4 N–H and O–H groups in total. The van der Waals surface area contributed by atoms with Crippen molar-refractivity contribution in [3.63, 3.8) is 0 Å². The first-order chi connectivity index (χ1) is 12.3. The van der Waals surface area contributed by atoms with Gasteiger partial charge in [-0.25, -0.2) is 11.0 Å². The van der Waals surface area contributed by atoms with Crippen molar-refractivity contribution in [1.29, 1.82) is 0 Å². The molecule has 0 aliphatic rings. The number of nitrogens with one attached hydrogen (secondary N) is 2. The average molecular weight is 346 g/mol. The second kappa shape index (κ2) is 11.4. The number of rotatable bonds is 12. The molecule has 0 bridgehead atoms. The molecule has 0 saturated carbocycles. The van der Waals surface area contributed by atoms with Gasteiger partial charge in [-0.05, 0) is 54.7 Å². The third kappa shape index (κ3) is 7.53. The molecule has 0 saturated heterocycles. The SMILES string of the molecule is ONCc1ccc(OCCCCCOc2ccc(CNO)cc2)cc1. The number of hydrogen-bond acceptors (Lipinski definition) is 6. The molecule has 0 radical (unpaired) electrons. The number of ether oxygens (including phenoxy) is 2. The molecule has 136 valence electrons. The van der Waals surface area contributed by atoms with Crippen LogP contribution in [0.3, 0.4) is 0 Å². The van der Waals surface area contributed by atoms with E-state index in [-0.39, 0.29) is 0 Å². The Hall–Kier alpha value is -2.12. The highest BCUT2D eigenvalue weighted by atomic mass is 16.5. The third-order valence-corrected chi connectivity index (χ3v) is 3.74. The van der Waals surface area contributed by atoms with Gasteiger partial charge in [0, 0.05) is 13.1 Å². The summed E-state index contributed by atoms with van der Waals surface area (Å²) in [6.07, 6.45) is 2.99. The minimum atomic E-state index is 0.432. The molecule has 0 aliphatic carbocycles. The Morgan fingerprint density at radius 1 is 0.600 bits per heavy atom. The number of benzene rings is 2. The third-order valence-electron chi connectivity index (χ3n) is 3.74. The van der Waals surface area contributed by atoms with Gasteiger partial charge in [-0.2, -0.15) is 0 Å². The molecular formula is C19H26N2O4. The lowest BCUT2D eigenvalue weighted by atomic mass is 10.2. The van der Waals surface area contributed by atoms with Crippen molar-refractivity contribution >= 4 is 0 Å². The standard InChI is InChI=1S/C19H26N2O4/c22-20-14-16-4-8-18(9-5-16)24-12-2-1-3-13-25-19-10-6-17(7-11-19)15-21-23/h4-11,20-23H,1-3,12-15H2. The summed E-state index contributed by atoms with van der Waals surface area (Å²) in [6, 6.07) is 15.3. The van der Waals surface area contributed by atoms with E-state index in [2.05, 4.69) is 11.0 Å². The minimum Gasteiger partial charge on any atom is -0.494 e. The van der Waals surface area contributed by atoms with E-state index < -0.39 is 0 Å². The highest BCUT2D eigenvalue weighted by Crippen LogP contribution is 2.14. The van der Waals surface area contributed by atoms with E-state index in [1.54, 1.807) is 0 Å². The Morgan fingerprint density at radius 3 is 1.36 bits per heavy atom. The molecule has 0 aromatic heterocycles. The Morgan fingerprint density at radius 2 is 1.00 bits per heavy atom. The van der Waals surface area contributed by atoms with Crippen LogP contribution in [0.2, 0.25) is 0 Å². The van der Waals surface area contributed by atoms with Gasteiger partial charge in [0.1, 0.15) is 11.5 Å². The predicted molar refractivity (Wildman–Crippen MR) is 95.0 cm³/mol. The van der Waals surface area contributed by atoms with Gasteiger partial charge in [-0.3, -0.25) is 0 Å².